The van der Waals surface area contributed by atoms with Gasteiger partial charge in [-0.1, -0.05) is 15.4 Å². The van der Waals surface area contributed by atoms with Crippen LogP contribution < -0.4 is 10.6 Å². The van der Waals surface area contributed by atoms with Crippen molar-refractivity contribution in [1.82, 2.24) is 15.5 Å². The lowest BCUT2D eigenvalue weighted by molar-refractivity contribution is -0.133. The lowest BCUT2D eigenvalue weighted by Crippen LogP contribution is -2.43. The van der Waals surface area contributed by atoms with Crippen LogP contribution in [-0.4, -0.2) is 262 Å². The summed E-state index contributed by atoms with van der Waals surface area (Å²) in [6, 6.07) is 0. The fourth-order valence-corrected chi connectivity index (χ4v) is 5.99. The first-order valence-corrected chi connectivity index (χ1v) is 26.5. The molecule has 0 radical (unpaired) electrons. The molecule has 0 saturated carbocycles. The molecule has 0 bridgehead atoms. The van der Waals surface area contributed by atoms with E-state index in [1.54, 1.807) is 4.90 Å². The molecule has 0 spiro atoms. The van der Waals surface area contributed by atoms with Crippen LogP contribution in [0.2, 0.25) is 0 Å². The van der Waals surface area contributed by atoms with Crippen molar-refractivity contribution in [1.29, 1.82) is 0 Å². The van der Waals surface area contributed by atoms with Crippen molar-refractivity contribution < 1.29 is 80.9 Å². The number of oxime groups is 2. The average Bonchev–Trinajstić information content (AvgIpc) is 3.38. The van der Waals surface area contributed by atoms with Gasteiger partial charge in [0.1, 0.15) is 13.2 Å². The highest BCUT2D eigenvalue weighted by atomic mass is 32.1. The van der Waals surface area contributed by atoms with E-state index in [0.29, 0.717) is 168 Å². The summed E-state index contributed by atoms with van der Waals surface area (Å²) in [7, 11) is 0. The molecule has 2 N–H and O–H groups in total. The molecule has 29 heteroatoms. The number of nitrogens with zero attached hydrogens (tertiary/aromatic N) is 6. The maximum Gasteiger partial charge on any atom is 0.225 e. The van der Waals surface area contributed by atoms with E-state index in [1.165, 1.54) is 0 Å². The Balaban J connectivity index is 4.30. The molecule has 25 nitrogen and oxygen atoms in total. The molecule has 420 valence electrons. The first-order chi connectivity index (χ1) is 35.4. The van der Waals surface area contributed by atoms with E-state index in [0.717, 1.165) is 11.4 Å². The van der Waals surface area contributed by atoms with Gasteiger partial charge in [0.2, 0.25) is 17.7 Å². The topological polar surface area (TPSA) is 281 Å². The Kier molecular flexibility index (Phi) is 55.9. The SMILES string of the molecule is [N-]=[N+]=NCCOCCOCCOCCOCCC(=O)N(CCNC(=O)CCOCCOCCOCCOCCON=C(CS)CS)CCNC(=O)CCOCCOCCOCCOCCON=C(CS)CS. The maximum atomic E-state index is 13.2. The first-order valence-electron chi connectivity index (χ1n) is 23.9. The quantitative estimate of drug-likeness (QED) is 0.00949. The van der Waals surface area contributed by atoms with Crippen molar-refractivity contribution in [3.63, 3.8) is 0 Å². The van der Waals surface area contributed by atoms with Crippen molar-refractivity contribution in [2.75, 3.05) is 228 Å². The molecule has 0 rings (SSSR count). The minimum Gasteiger partial charge on any atom is -0.393 e. The number of thiol groups is 4. The molecule has 0 aliphatic heterocycles. The summed E-state index contributed by atoms with van der Waals surface area (Å²) in [5.74, 6) is 1.30. The standard InChI is InChI=1S/C43H82N8O17S4/c44-50-47-6-12-58-16-20-62-24-21-61-19-15-57-11-3-43(54)51(7-4-45-41(52)1-9-55-13-17-59-22-25-63-27-29-65-31-33-67-48-39(35-69)36-70)8-5-46-42(53)2-10-56-14-18-60-23-26-64-28-30-66-32-34-68-49-40(37-71)38-72/h69-72H,1-38H2,(H,45,52)(H,46,53). The number of carbonyl (C=O) groups excluding carboxylic acids is 3. The Hall–Kier alpha value is -2.42. The minimum absolute atomic E-state index is 0.0979. The molecular formula is C43H82N8O17S4. The second-order valence-corrected chi connectivity index (χ2v) is 15.5. The van der Waals surface area contributed by atoms with Crippen LogP contribution in [0.4, 0.5) is 0 Å². The number of azide groups is 1. The summed E-state index contributed by atoms with van der Waals surface area (Å²) in [4.78, 5) is 52.7. The van der Waals surface area contributed by atoms with E-state index in [4.69, 9.17) is 72.0 Å². The van der Waals surface area contributed by atoms with Crippen LogP contribution in [0.25, 0.3) is 10.4 Å². The Labute approximate surface area is 446 Å². The van der Waals surface area contributed by atoms with Crippen molar-refractivity contribution in [2.45, 2.75) is 19.3 Å². The van der Waals surface area contributed by atoms with Gasteiger partial charge in [-0.2, -0.15) is 50.5 Å². The smallest absolute Gasteiger partial charge is 0.225 e. The van der Waals surface area contributed by atoms with Crippen LogP contribution in [0, 0.1) is 0 Å². The summed E-state index contributed by atoms with van der Waals surface area (Å²) in [6.45, 7) is 10.2. The third kappa shape index (κ3) is 51.1. The average molecular weight is 1110 g/mol. The van der Waals surface area contributed by atoms with Gasteiger partial charge in [-0.25, -0.2) is 0 Å². The number of rotatable bonds is 57. The molecule has 0 aromatic rings. The summed E-state index contributed by atoms with van der Waals surface area (Å²) in [5.41, 5.74) is 9.74. The molecule has 72 heavy (non-hydrogen) atoms. The third-order valence-electron chi connectivity index (χ3n) is 8.67. The normalized spacial score (nSPS) is 10.9. The van der Waals surface area contributed by atoms with Gasteiger partial charge in [0.25, 0.3) is 0 Å². The van der Waals surface area contributed by atoms with Gasteiger partial charge in [-0.15, -0.1) is 0 Å². The number of hydrogen-bond acceptors (Lipinski definition) is 24. The van der Waals surface area contributed by atoms with Gasteiger partial charge in [-0.3, -0.25) is 14.4 Å². The van der Waals surface area contributed by atoms with E-state index < -0.39 is 0 Å². The zero-order valence-electron chi connectivity index (χ0n) is 41.8. The predicted octanol–water partition coefficient (Wildman–Crippen LogP) is 1.19. The maximum absolute atomic E-state index is 13.2. The van der Waals surface area contributed by atoms with E-state index in [2.05, 4.69) is 81.5 Å². The molecule has 0 unspecified atom stereocenters. The summed E-state index contributed by atoms with van der Waals surface area (Å²) >= 11 is 16.5. The van der Waals surface area contributed by atoms with Crippen molar-refractivity contribution in [3.05, 3.63) is 10.4 Å². The highest BCUT2D eigenvalue weighted by Gasteiger charge is 2.15. The van der Waals surface area contributed by atoms with E-state index in [1.807, 2.05) is 0 Å². The Morgan fingerprint density at radius 1 is 0.403 bits per heavy atom. The molecule has 0 aliphatic rings. The van der Waals surface area contributed by atoms with Gasteiger partial charge in [0.15, 0.2) is 0 Å². The van der Waals surface area contributed by atoms with Crippen molar-refractivity contribution in [3.8, 4) is 0 Å². The zero-order valence-corrected chi connectivity index (χ0v) is 45.4. The zero-order chi connectivity index (χ0) is 52.5. The lowest BCUT2D eigenvalue weighted by Gasteiger charge is -2.23. The van der Waals surface area contributed by atoms with Crippen LogP contribution in [0.5, 0.6) is 0 Å². The fourth-order valence-electron chi connectivity index (χ4n) is 4.96. The third-order valence-corrected chi connectivity index (χ3v) is 10.1. The van der Waals surface area contributed by atoms with Gasteiger partial charge in [0, 0.05) is 73.5 Å². The van der Waals surface area contributed by atoms with E-state index in [-0.39, 0.29) is 96.1 Å². The summed E-state index contributed by atoms with van der Waals surface area (Å²) in [6.07, 6.45) is 0.366. The van der Waals surface area contributed by atoms with Crippen LogP contribution in [-0.2, 0) is 80.9 Å². The molecule has 0 aromatic carbocycles. The summed E-state index contributed by atoms with van der Waals surface area (Å²) in [5, 5.41) is 16.8. The monoisotopic (exact) mass is 1110 g/mol. The summed E-state index contributed by atoms with van der Waals surface area (Å²) < 4.78 is 65.6. The van der Waals surface area contributed by atoms with Gasteiger partial charge >= 0.3 is 0 Å². The van der Waals surface area contributed by atoms with Gasteiger partial charge in [-0.05, 0) is 5.53 Å². The molecule has 0 aliphatic carbocycles. The second kappa shape index (κ2) is 57.9. The Morgan fingerprint density at radius 2 is 0.681 bits per heavy atom. The predicted molar refractivity (Wildman–Crippen MR) is 282 cm³/mol. The van der Waals surface area contributed by atoms with Crippen molar-refractivity contribution >= 4 is 79.7 Å². The Bertz CT molecular complexity index is 1310. The highest BCUT2D eigenvalue weighted by Crippen LogP contribution is 1.98. The van der Waals surface area contributed by atoms with Gasteiger partial charge in [0.05, 0.1) is 176 Å². The number of nitrogens with one attached hydrogen (secondary N) is 2. The molecule has 0 heterocycles. The minimum atomic E-state index is -0.228. The fraction of sp³-hybridized carbons (Fsp3) is 0.884. The molecular weight excluding hydrogens is 1030 g/mol. The molecule has 0 atom stereocenters. The van der Waals surface area contributed by atoms with Crippen LogP contribution in [0.3, 0.4) is 0 Å². The molecule has 0 aromatic heterocycles. The van der Waals surface area contributed by atoms with Gasteiger partial charge < -0.3 is 82.1 Å². The number of carbonyl (C=O) groups is 3. The largest absolute Gasteiger partial charge is 0.393 e. The molecule has 0 saturated heterocycles. The first kappa shape index (κ1) is 69.6. The van der Waals surface area contributed by atoms with E-state index >= 15 is 0 Å². The second-order valence-electron chi connectivity index (χ2n) is 14.2. The van der Waals surface area contributed by atoms with Crippen LogP contribution in [0.15, 0.2) is 15.4 Å². The molecule has 3 amide bonds. The van der Waals surface area contributed by atoms with Crippen LogP contribution >= 0.6 is 50.5 Å². The number of hydrogen-bond donors (Lipinski definition) is 6. The Morgan fingerprint density at radius 3 is 0.986 bits per heavy atom. The number of ether oxygens (including phenoxy) is 12. The lowest BCUT2D eigenvalue weighted by atomic mass is 10.3. The van der Waals surface area contributed by atoms with E-state index in [9.17, 15) is 14.4 Å². The van der Waals surface area contributed by atoms with Crippen LogP contribution in [0.1, 0.15) is 19.3 Å². The highest BCUT2D eigenvalue weighted by molar-refractivity contribution is 7.83. The number of amides is 3. The molecule has 0 fully saturated rings. The van der Waals surface area contributed by atoms with Crippen molar-refractivity contribution in [2.24, 2.45) is 15.4 Å².